The normalized spacial score (nSPS) is 15.9. The molecule has 0 bridgehead atoms. The van der Waals surface area contributed by atoms with Crippen molar-refractivity contribution in [2.75, 3.05) is 4.90 Å². The number of hydrogen-bond acceptors (Lipinski definition) is 8. The molecule has 186 valence electrons. The molecule has 0 saturated carbocycles. The largest absolute Gasteiger partial charge is 0.508 e. The number of nitrogens with zero attached hydrogens (tertiary/aromatic N) is 2. The van der Waals surface area contributed by atoms with Crippen molar-refractivity contribution in [1.82, 2.24) is 4.98 Å². The maximum absolute atomic E-state index is 13.5. The van der Waals surface area contributed by atoms with Gasteiger partial charge >= 0.3 is 0 Å². The summed E-state index contributed by atoms with van der Waals surface area (Å²) in [5.41, 5.74) is 0.322. The number of halogens is 1. The first kappa shape index (κ1) is 24.7. The molecule has 3 aromatic carbocycles. The number of sulfone groups is 1. The summed E-state index contributed by atoms with van der Waals surface area (Å²) in [6, 6.07) is 18.4. The minimum Gasteiger partial charge on any atom is -0.508 e. The molecule has 1 atom stereocenters. The quantitative estimate of drug-likeness (QED) is 0.318. The summed E-state index contributed by atoms with van der Waals surface area (Å²) in [6.07, 6.45) is 1.14. The van der Waals surface area contributed by atoms with Crippen LogP contribution in [-0.4, -0.2) is 35.3 Å². The van der Waals surface area contributed by atoms with Crippen LogP contribution in [0, 0.1) is 0 Å². The summed E-state index contributed by atoms with van der Waals surface area (Å²) in [7, 11) is -3.91. The number of aromatic nitrogens is 1. The van der Waals surface area contributed by atoms with Crippen molar-refractivity contribution in [3.05, 3.63) is 113 Å². The predicted octanol–water partition coefficient (Wildman–Crippen LogP) is 5.12. The van der Waals surface area contributed by atoms with E-state index in [1.165, 1.54) is 36.4 Å². The lowest BCUT2D eigenvalue weighted by Crippen LogP contribution is -2.31. The highest BCUT2D eigenvalue weighted by Gasteiger charge is 2.46. The number of hydrogen-bond donors (Lipinski definition) is 2. The zero-order chi connectivity index (χ0) is 26.3. The number of phenols is 1. The molecule has 1 amide bonds. The highest BCUT2D eigenvalue weighted by molar-refractivity contribution is 7.93. The Balaban J connectivity index is 1.62. The average molecular weight is 553 g/mol. The van der Waals surface area contributed by atoms with Gasteiger partial charge in [0.05, 0.1) is 22.7 Å². The van der Waals surface area contributed by atoms with E-state index in [9.17, 15) is 28.2 Å². The maximum atomic E-state index is 13.5. The molecule has 1 unspecified atom stereocenters. The van der Waals surface area contributed by atoms with Crippen molar-refractivity contribution >= 4 is 49.6 Å². The summed E-state index contributed by atoms with van der Waals surface area (Å²) >= 11 is 6.94. The first-order valence-electron chi connectivity index (χ1n) is 10.8. The van der Waals surface area contributed by atoms with E-state index in [1.807, 2.05) is 0 Å². The number of ketones is 1. The SMILES string of the molecule is O=C(C1=C(O)C(=O)N(c2ncc(S(=O)(=O)c3ccccc3)s2)C1c1cccc(Cl)c1)c1ccc(O)cc1. The molecule has 1 aromatic heterocycles. The van der Waals surface area contributed by atoms with Crippen LogP contribution >= 0.6 is 22.9 Å². The lowest BCUT2D eigenvalue weighted by Gasteiger charge is -2.24. The second kappa shape index (κ2) is 9.47. The van der Waals surface area contributed by atoms with Crippen LogP contribution in [0.1, 0.15) is 22.0 Å². The van der Waals surface area contributed by atoms with E-state index in [2.05, 4.69) is 4.98 Å². The van der Waals surface area contributed by atoms with Crippen molar-refractivity contribution in [1.29, 1.82) is 0 Å². The number of aliphatic hydroxyl groups is 1. The van der Waals surface area contributed by atoms with Gasteiger partial charge in [0.15, 0.2) is 16.7 Å². The van der Waals surface area contributed by atoms with Gasteiger partial charge in [-0.3, -0.25) is 14.5 Å². The Morgan fingerprint density at radius 2 is 1.68 bits per heavy atom. The first-order chi connectivity index (χ1) is 17.7. The number of benzene rings is 3. The lowest BCUT2D eigenvalue weighted by atomic mass is 9.93. The standard InChI is InChI=1S/C26H17ClN2O6S2/c27-17-6-4-5-16(13-17)22-21(23(31)15-9-11-18(30)12-10-15)24(32)25(33)29(22)26-28-14-20(36-26)37(34,35)19-7-2-1-3-8-19/h1-14,22,30,32H. The van der Waals surface area contributed by atoms with E-state index < -0.39 is 33.3 Å². The number of amides is 1. The third kappa shape index (κ3) is 4.39. The predicted molar refractivity (Wildman–Crippen MR) is 138 cm³/mol. The second-order valence-corrected chi connectivity index (χ2v) is 11.7. The molecule has 37 heavy (non-hydrogen) atoms. The van der Waals surface area contributed by atoms with Gasteiger partial charge in [0, 0.05) is 10.6 Å². The van der Waals surface area contributed by atoms with Gasteiger partial charge in [-0.25, -0.2) is 13.4 Å². The minimum atomic E-state index is -3.91. The topological polar surface area (TPSA) is 125 Å². The molecule has 5 rings (SSSR count). The number of aliphatic hydroxyl groups excluding tert-OH is 1. The van der Waals surface area contributed by atoms with E-state index >= 15 is 0 Å². The maximum Gasteiger partial charge on any atom is 0.296 e. The summed E-state index contributed by atoms with van der Waals surface area (Å²) < 4.78 is 26.1. The summed E-state index contributed by atoms with van der Waals surface area (Å²) in [4.78, 5) is 32.1. The average Bonchev–Trinajstić information content (AvgIpc) is 3.48. The van der Waals surface area contributed by atoms with Gasteiger partial charge in [-0.2, -0.15) is 0 Å². The van der Waals surface area contributed by atoms with Gasteiger partial charge < -0.3 is 10.2 Å². The fourth-order valence-electron chi connectivity index (χ4n) is 4.00. The number of Topliss-reactive ketones (excluding diaryl/α,β-unsaturated/α-hetero) is 1. The van der Waals surface area contributed by atoms with Crippen molar-refractivity contribution in [2.24, 2.45) is 0 Å². The number of aromatic hydroxyl groups is 1. The minimum absolute atomic E-state index is 0.0236. The molecule has 0 radical (unpaired) electrons. The van der Waals surface area contributed by atoms with Crippen LogP contribution in [0.3, 0.4) is 0 Å². The molecule has 8 nitrogen and oxygen atoms in total. The monoisotopic (exact) mass is 552 g/mol. The Morgan fingerprint density at radius 1 is 0.973 bits per heavy atom. The Hall–Kier alpha value is -3.99. The summed E-state index contributed by atoms with van der Waals surface area (Å²) in [5.74, 6) is -2.40. The van der Waals surface area contributed by atoms with Crippen molar-refractivity contribution in [3.63, 3.8) is 0 Å². The third-order valence-electron chi connectivity index (χ3n) is 5.74. The van der Waals surface area contributed by atoms with Crippen LogP contribution in [-0.2, 0) is 14.6 Å². The van der Waals surface area contributed by atoms with Gasteiger partial charge in [0.25, 0.3) is 5.91 Å². The fourth-order valence-corrected chi connectivity index (χ4v) is 6.76. The van der Waals surface area contributed by atoms with Crippen LogP contribution in [0.2, 0.25) is 5.02 Å². The number of rotatable bonds is 6. The van der Waals surface area contributed by atoms with Gasteiger partial charge in [-0.05, 0) is 54.1 Å². The number of phenolic OH excluding ortho intramolecular Hbond substituents is 1. The van der Waals surface area contributed by atoms with Gasteiger partial charge in [0.2, 0.25) is 9.84 Å². The first-order valence-corrected chi connectivity index (χ1v) is 13.5. The molecule has 0 aliphatic carbocycles. The van der Waals surface area contributed by atoms with E-state index in [-0.39, 0.29) is 31.1 Å². The number of thiazole rings is 1. The molecule has 0 spiro atoms. The lowest BCUT2D eigenvalue weighted by molar-refractivity contribution is -0.117. The highest BCUT2D eigenvalue weighted by atomic mass is 35.5. The molecular weight excluding hydrogens is 536 g/mol. The molecule has 2 N–H and O–H groups in total. The van der Waals surface area contributed by atoms with Gasteiger partial charge in [-0.15, -0.1) is 0 Å². The molecule has 1 aliphatic rings. The Morgan fingerprint density at radius 3 is 2.35 bits per heavy atom. The van der Waals surface area contributed by atoms with Crippen LogP contribution in [0.5, 0.6) is 5.75 Å². The smallest absolute Gasteiger partial charge is 0.296 e. The highest BCUT2D eigenvalue weighted by Crippen LogP contribution is 2.44. The number of anilines is 1. The molecule has 2 heterocycles. The number of carbonyl (C=O) groups excluding carboxylic acids is 2. The molecule has 0 saturated heterocycles. The van der Waals surface area contributed by atoms with Gasteiger partial charge in [-0.1, -0.05) is 53.3 Å². The van der Waals surface area contributed by atoms with E-state index in [1.54, 1.807) is 42.5 Å². The van der Waals surface area contributed by atoms with Crippen LogP contribution in [0.25, 0.3) is 0 Å². The Labute approximate surface area is 220 Å². The number of carbonyl (C=O) groups is 2. The summed E-state index contributed by atoms with van der Waals surface area (Å²) in [5, 5.41) is 20.8. The van der Waals surface area contributed by atoms with Crippen LogP contribution < -0.4 is 4.90 Å². The van der Waals surface area contributed by atoms with E-state index in [0.29, 0.717) is 10.6 Å². The zero-order valence-electron chi connectivity index (χ0n) is 18.8. The second-order valence-electron chi connectivity index (χ2n) is 8.05. The molecule has 4 aromatic rings. The fraction of sp³-hybridized carbons (Fsp3) is 0.0385. The van der Waals surface area contributed by atoms with Crippen LogP contribution in [0.4, 0.5) is 5.13 Å². The van der Waals surface area contributed by atoms with Crippen molar-refractivity contribution in [3.8, 4) is 5.75 Å². The zero-order valence-corrected chi connectivity index (χ0v) is 21.2. The molecule has 0 fully saturated rings. The van der Waals surface area contributed by atoms with Crippen molar-refractivity contribution < 1.29 is 28.2 Å². The molecule has 11 heteroatoms. The van der Waals surface area contributed by atoms with Crippen molar-refractivity contribution in [2.45, 2.75) is 15.1 Å². The Kier molecular flexibility index (Phi) is 6.32. The van der Waals surface area contributed by atoms with E-state index in [4.69, 9.17) is 11.6 Å². The summed E-state index contributed by atoms with van der Waals surface area (Å²) in [6.45, 7) is 0. The van der Waals surface area contributed by atoms with Gasteiger partial charge in [0.1, 0.15) is 9.96 Å². The van der Waals surface area contributed by atoms with E-state index in [0.717, 1.165) is 22.4 Å². The Bertz CT molecular complexity index is 1660. The molecular formula is C26H17ClN2O6S2. The molecule has 1 aliphatic heterocycles. The third-order valence-corrected chi connectivity index (χ3v) is 9.21. The van der Waals surface area contributed by atoms with Crippen LogP contribution in [0.15, 0.2) is 105 Å².